The summed E-state index contributed by atoms with van der Waals surface area (Å²) in [6.45, 7) is 2.86. The van der Waals surface area contributed by atoms with Gasteiger partial charge in [-0.2, -0.15) is 0 Å². The normalized spacial score (nSPS) is 18.9. The highest BCUT2D eigenvalue weighted by molar-refractivity contribution is 7.10. The molecular formula is C21H24N2O4S. The highest BCUT2D eigenvalue weighted by Gasteiger charge is 2.46. The number of carbonyl (C=O) groups is 2. The SMILES string of the molecule is COc1ccc(/C(O)=C2\C(=O)C(=O)N(CCN(C)C)C2c2cccs2)c(C)c1. The van der Waals surface area contributed by atoms with Crippen molar-refractivity contribution in [3.8, 4) is 5.75 Å². The number of methoxy groups -OCH3 is 1. The average Bonchev–Trinajstić information content (AvgIpc) is 3.27. The van der Waals surface area contributed by atoms with Gasteiger partial charge in [0.25, 0.3) is 11.7 Å². The van der Waals surface area contributed by atoms with E-state index in [1.165, 1.54) is 11.3 Å². The average molecular weight is 401 g/mol. The monoisotopic (exact) mass is 400 g/mol. The molecule has 7 heteroatoms. The van der Waals surface area contributed by atoms with Crippen LogP contribution in [0.2, 0.25) is 0 Å². The van der Waals surface area contributed by atoms with Crippen molar-refractivity contribution in [2.24, 2.45) is 0 Å². The molecule has 1 N–H and O–H groups in total. The van der Waals surface area contributed by atoms with E-state index in [1.807, 2.05) is 43.4 Å². The van der Waals surface area contributed by atoms with E-state index in [-0.39, 0.29) is 11.3 Å². The number of benzene rings is 1. The van der Waals surface area contributed by atoms with Crippen LogP contribution in [0.25, 0.3) is 5.76 Å². The molecule has 1 unspecified atom stereocenters. The summed E-state index contributed by atoms with van der Waals surface area (Å²) in [4.78, 5) is 30.0. The Hall–Kier alpha value is -2.64. The molecule has 1 amide bonds. The first-order valence-corrected chi connectivity index (χ1v) is 9.84. The molecule has 0 radical (unpaired) electrons. The van der Waals surface area contributed by atoms with Crippen molar-refractivity contribution >= 4 is 28.8 Å². The number of Topliss-reactive ketones (excluding diaryl/α,β-unsaturated/α-hetero) is 1. The quantitative estimate of drug-likeness (QED) is 0.459. The number of hydrogen-bond acceptors (Lipinski definition) is 6. The number of amides is 1. The summed E-state index contributed by atoms with van der Waals surface area (Å²) < 4.78 is 5.21. The lowest BCUT2D eigenvalue weighted by Crippen LogP contribution is -2.35. The maximum absolute atomic E-state index is 12.9. The third-order valence-corrected chi connectivity index (χ3v) is 5.75. The van der Waals surface area contributed by atoms with Gasteiger partial charge < -0.3 is 19.6 Å². The van der Waals surface area contributed by atoms with Gasteiger partial charge in [0.2, 0.25) is 0 Å². The fraction of sp³-hybridized carbons (Fsp3) is 0.333. The number of ether oxygens (including phenoxy) is 1. The molecule has 3 rings (SSSR count). The highest BCUT2D eigenvalue weighted by Crippen LogP contribution is 2.41. The Labute approximate surface area is 168 Å². The van der Waals surface area contributed by atoms with Crippen LogP contribution >= 0.6 is 11.3 Å². The van der Waals surface area contributed by atoms with E-state index >= 15 is 0 Å². The second-order valence-electron chi connectivity index (χ2n) is 6.99. The number of carbonyl (C=O) groups excluding carboxylic acids is 2. The molecular weight excluding hydrogens is 376 g/mol. The summed E-state index contributed by atoms with van der Waals surface area (Å²) in [6, 6.07) is 8.41. The predicted octanol–water partition coefficient (Wildman–Crippen LogP) is 3.05. The minimum absolute atomic E-state index is 0.138. The maximum Gasteiger partial charge on any atom is 0.295 e. The minimum atomic E-state index is -0.648. The van der Waals surface area contributed by atoms with Gasteiger partial charge in [0.05, 0.1) is 18.7 Å². The van der Waals surface area contributed by atoms with Gasteiger partial charge in [-0.25, -0.2) is 0 Å². The lowest BCUT2D eigenvalue weighted by atomic mass is 9.97. The van der Waals surface area contributed by atoms with Crippen LogP contribution in [-0.2, 0) is 9.59 Å². The summed E-state index contributed by atoms with van der Waals surface area (Å²) >= 11 is 1.46. The molecule has 0 aliphatic carbocycles. The third kappa shape index (κ3) is 3.68. The molecule has 0 bridgehead atoms. The van der Waals surface area contributed by atoms with E-state index < -0.39 is 17.7 Å². The molecule has 6 nitrogen and oxygen atoms in total. The zero-order chi connectivity index (χ0) is 20.4. The standard InChI is InChI=1S/C21H24N2O4S/c1-13-12-14(27-4)7-8-15(13)19(24)17-18(16-6-5-11-28-16)23(10-9-22(2)3)21(26)20(17)25/h5-8,11-12,18,24H,9-10H2,1-4H3/b19-17+. The molecule has 1 aromatic heterocycles. The van der Waals surface area contributed by atoms with E-state index in [9.17, 15) is 14.7 Å². The number of ketones is 1. The van der Waals surface area contributed by atoms with Crippen LogP contribution in [0.1, 0.15) is 22.0 Å². The van der Waals surface area contributed by atoms with Crippen molar-refractivity contribution in [2.45, 2.75) is 13.0 Å². The number of aliphatic hydroxyl groups is 1. The summed E-state index contributed by atoms with van der Waals surface area (Å²) in [5.41, 5.74) is 1.42. The molecule has 1 aliphatic rings. The molecule has 1 aromatic carbocycles. The Kier molecular flexibility index (Phi) is 5.86. The molecule has 28 heavy (non-hydrogen) atoms. The number of thiophene rings is 1. The van der Waals surface area contributed by atoms with E-state index in [0.29, 0.717) is 24.4 Å². The van der Waals surface area contributed by atoms with E-state index in [0.717, 1.165) is 10.4 Å². The largest absolute Gasteiger partial charge is 0.507 e. The van der Waals surface area contributed by atoms with Crippen LogP contribution < -0.4 is 4.74 Å². The maximum atomic E-state index is 12.9. The van der Waals surface area contributed by atoms with Gasteiger partial charge >= 0.3 is 0 Å². The Bertz CT molecular complexity index is 918. The first-order chi connectivity index (χ1) is 13.3. The number of aryl methyl sites for hydroxylation is 1. The number of likely N-dealkylation sites (N-methyl/N-ethyl adjacent to an activating group) is 1. The van der Waals surface area contributed by atoms with Gasteiger partial charge in [-0.3, -0.25) is 9.59 Å². The Balaban J connectivity index is 2.12. The van der Waals surface area contributed by atoms with Crippen LogP contribution in [0.4, 0.5) is 0 Å². The topological polar surface area (TPSA) is 70.1 Å². The molecule has 0 saturated carbocycles. The number of nitrogens with zero attached hydrogens (tertiary/aromatic N) is 2. The molecule has 2 aromatic rings. The van der Waals surface area contributed by atoms with E-state index in [2.05, 4.69) is 0 Å². The predicted molar refractivity (Wildman–Crippen MR) is 110 cm³/mol. The van der Waals surface area contributed by atoms with Gasteiger partial charge in [-0.1, -0.05) is 6.07 Å². The second kappa shape index (κ2) is 8.16. The fourth-order valence-corrected chi connectivity index (χ4v) is 4.18. The van der Waals surface area contributed by atoms with Crippen LogP contribution in [0.15, 0.2) is 41.3 Å². The van der Waals surface area contributed by atoms with Crippen LogP contribution in [0, 0.1) is 6.92 Å². The van der Waals surface area contributed by atoms with Crippen molar-refractivity contribution in [3.05, 3.63) is 57.3 Å². The van der Waals surface area contributed by atoms with Crippen molar-refractivity contribution in [2.75, 3.05) is 34.3 Å². The molecule has 148 valence electrons. The first-order valence-electron chi connectivity index (χ1n) is 8.96. The first kappa shape index (κ1) is 20.1. The lowest BCUT2D eigenvalue weighted by Gasteiger charge is -2.25. The molecule has 1 saturated heterocycles. The van der Waals surface area contributed by atoms with E-state index in [4.69, 9.17) is 4.74 Å². The van der Waals surface area contributed by atoms with E-state index in [1.54, 1.807) is 30.2 Å². The number of likely N-dealkylation sites (tertiary alicyclic amines) is 1. The Morgan fingerprint density at radius 2 is 2.04 bits per heavy atom. The molecule has 1 aliphatic heterocycles. The number of aliphatic hydroxyl groups excluding tert-OH is 1. The summed E-state index contributed by atoms with van der Waals surface area (Å²) in [5, 5.41) is 13.0. The smallest absolute Gasteiger partial charge is 0.295 e. The second-order valence-corrected chi connectivity index (χ2v) is 7.97. The zero-order valence-electron chi connectivity index (χ0n) is 16.4. The Morgan fingerprint density at radius 3 is 2.61 bits per heavy atom. The van der Waals surface area contributed by atoms with Crippen LogP contribution in [0.3, 0.4) is 0 Å². The van der Waals surface area contributed by atoms with Crippen molar-refractivity contribution < 1.29 is 19.4 Å². The zero-order valence-corrected chi connectivity index (χ0v) is 17.2. The molecule has 1 atom stereocenters. The third-order valence-electron chi connectivity index (χ3n) is 4.83. The molecule has 1 fully saturated rings. The summed E-state index contributed by atoms with van der Waals surface area (Å²) in [7, 11) is 5.40. The molecule has 2 heterocycles. The minimum Gasteiger partial charge on any atom is -0.507 e. The van der Waals surface area contributed by atoms with Crippen LogP contribution in [0.5, 0.6) is 5.75 Å². The van der Waals surface area contributed by atoms with Gasteiger partial charge in [0.1, 0.15) is 11.5 Å². The van der Waals surface area contributed by atoms with Crippen LogP contribution in [-0.4, -0.2) is 60.9 Å². The number of rotatable bonds is 6. The highest BCUT2D eigenvalue weighted by atomic mass is 32.1. The van der Waals surface area contributed by atoms with Gasteiger partial charge in [-0.15, -0.1) is 11.3 Å². The summed E-state index contributed by atoms with van der Waals surface area (Å²) in [6.07, 6.45) is 0. The van der Waals surface area contributed by atoms with Gasteiger partial charge in [0, 0.05) is 23.5 Å². The molecule has 0 spiro atoms. The Morgan fingerprint density at radius 1 is 1.29 bits per heavy atom. The van der Waals surface area contributed by atoms with Crippen molar-refractivity contribution in [1.29, 1.82) is 0 Å². The van der Waals surface area contributed by atoms with Gasteiger partial charge in [0.15, 0.2) is 0 Å². The lowest BCUT2D eigenvalue weighted by molar-refractivity contribution is -0.140. The van der Waals surface area contributed by atoms with Gasteiger partial charge in [-0.05, 0) is 56.2 Å². The van der Waals surface area contributed by atoms with Crippen molar-refractivity contribution in [3.63, 3.8) is 0 Å². The fourth-order valence-electron chi connectivity index (χ4n) is 3.33. The van der Waals surface area contributed by atoms with Crippen molar-refractivity contribution in [1.82, 2.24) is 9.80 Å². The number of hydrogen-bond donors (Lipinski definition) is 1. The summed E-state index contributed by atoms with van der Waals surface area (Å²) in [5.74, 6) is -0.711.